The molecule has 0 saturated carbocycles. The Hall–Kier alpha value is -2.84. The molecule has 1 aliphatic rings. The topological polar surface area (TPSA) is 90.3 Å². The van der Waals surface area contributed by atoms with E-state index in [2.05, 4.69) is 0 Å². The number of ether oxygens (including phenoxy) is 1. The number of aliphatic hydroxyl groups excluding tert-OH is 1. The predicted molar refractivity (Wildman–Crippen MR) is 107 cm³/mol. The van der Waals surface area contributed by atoms with Crippen molar-refractivity contribution < 1.29 is 24.5 Å². The van der Waals surface area contributed by atoms with Crippen molar-refractivity contribution in [3.8, 4) is 11.5 Å². The van der Waals surface area contributed by atoms with Gasteiger partial charge in [0.1, 0.15) is 17.3 Å². The minimum absolute atomic E-state index is 0.0216. The Kier molecular flexibility index (Phi) is 5.71. The molecule has 28 heavy (non-hydrogen) atoms. The molecule has 1 amide bonds. The molecule has 1 atom stereocenters. The van der Waals surface area contributed by atoms with Crippen LogP contribution in [0.15, 0.2) is 41.3 Å². The van der Waals surface area contributed by atoms with E-state index in [1.165, 1.54) is 35.5 Å². The standard InChI is InChI=1S/C20H22N2O5S/c1-21(2)8-9-22-17(15-5-4-10-28-15)16(19(25)20(22)26)18(24)13-7-6-12(27-3)11-14(13)23/h4-7,10-11,17,23-24H,8-9H2,1-3H3. The first kappa shape index (κ1) is 19.9. The molecule has 2 N–H and O–H groups in total. The molecule has 0 bridgehead atoms. The van der Waals surface area contributed by atoms with Gasteiger partial charge in [-0.1, -0.05) is 6.07 Å². The summed E-state index contributed by atoms with van der Waals surface area (Å²) in [4.78, 5) is 29.6. The highest BCUT2D eigenvalue weighted by molar-refractivity contribution is 7.10. The zero-order chi connectivity index (χ0) is 20.4. The van der Waals surface area contributed by atoms with Crippen molar-refractivity contribution in [2.24, 2.45) is 0 Å². The normalized spacial score (nSPS) is 18.9. The number of likely N-dealkylation sites (N-methyl/N-ethyl adjacent to an activating group) is 1. The Morgan fingerprint density at radius 2 is 2.04 bits per heavy atom. The minimum atomic E-state index is -0.759. The molecular formula is C20H22N2O5S. The first-order valence-corrected chi connectivity index (χ1v) is 9.57. The summed E-state index contributed by atoms with van der Waals surface area (Å²) in [6.07, 6.45) is 0. The van der Waals surface area contributed by atoms with Crippen molar-refractivity contribution in [2.75, 3.05) is 34.3 Å². The first-order valence-electron chi connectivity index (χ1n) is 8.69. The number of amides is 1. The van der Waals surface area contributed by atoms with Gasteiger partial charge in [0.2, 0.25) is 0 Å². The molecule has 0 radical (unpaired) electrons. The van der Waals surface area contributed by atoms with Crippen LogP contribution < -0.4 is 4.74 Å². The van der Waals surface area contributed by atoms with Crippen LogP contribution in [0.2, 0.25) is 0 Å². The molecule has 1 saturated heterocycles. The lowest BCUT2D eigenvalue weighted by atomic mass is 9.99. The molecule has 1 aromatic heterocycles. The number of hydrogen-bond acceptors (Lipinski definition) is 7. The molecule has 0 aliphatic carbocycles. The summed E-state index contributed by atoms with van der Waals surface area (Å²) in [5.74, 6) is -1.64. The predicted octanol–water partition coefficient (Wildman–Crippen LogP) is 2.45. The number of methoxy groups -OCH3 is 1. The number of thiophene rings is 1. The van der Waals surface area contributed by atoms with Gasteiger partial charge in [0.25, 0.3) is 11.7 Å². The van der Waals surface area contributed by atoms with Crippen LogP contribution in [0.3, 0.4) is 0 Å². The van der Waals surface area contributed by atoms with Crippen LogP contribution in [0.5, 0.6) is 11.5 Å². The highest BCUT2D eigenvalue weighted by atomic mass is 32.1. The van der Waals surface area contributed by atoms with E-state index in [1.807, 2.05) is 36.5 Å². The van der Waals surface area contributed by atoms with Crippen molar-refractivity contribution in [1.29, 1.82) is 0 Å². The maximum Gasteiger partial charge on any atom is 0.295 e. The van der Waals surface area contributed by atoms with Gasteiger partial charge in [-0.25, -0.2) is 0 Å². The molecule has 2 aromatic rings. The van der Waals surface area contributed by atoms with Gasteiger partial charge in [0, 0.05) is 24.0 Å². The molecule has 0 spiro atoms. The molecule has 1 aliphatic heterocycles. The molecule has 1 unspecified atom stereocenters. The van der Waals surface area contributed by atoms with Crippen molar-refractivity contribution in [2.45, 2.75) is 6.04 Å². The summed E-state index contributed by atoms with van der Waals surface area (Å²) in [7, 11) is 5.22. The maximum atomic E-state index is 12.8. The zero-order valence-corrected chi connectivity index (χ0v) is 16.7. The van der Waals surface area contributed by atoms with E-state index >= 15 is 0 Å². The number of phenols is 1. The number of carbonyl (C=O) groups is 2. The summed E-state index contributed by atoms with van der Waals surface area (Å²) < 4.78 is 5.05. The number of likely N-dealkylation sites (tertiary alicyclic amines) is 1. The fraction of sp³-hybridized carbons (Fsp3) is 0.300. The number of carbonyl (C=O) groups excluding carboxylic acids is 2. The van der Waals surface area contributed by atoms with Crippen LogP contribution in [0.4, 0.5) is 0 Å². The Morgan fingerprint density at radius 1 is 1.29 bits per heavy atom. The third-order valence-corrected chi connectivity index (χ3v) is 5.53. The van der Waals surface area contributed by atoms with Crippen LogP contribution in [0.1, 0.15) is 16.5 Å². The van der Waals surface area contributed by atoms with E-state index in [0.717, 1.165) is 4.88 Å². The molecule has 3 rings (SSSR count). The Morgan fingerprint density at radius 3 is 2.61 bits per heavy atom. The van der Waals surface area contributed by atoms with Gasteiger partial charge in [-0.05, 0) is 37.7 Å². The van der Waals surface area contributed by atoms with Crippen LogP contribution in [0.25, 0.3) is 5.76 Å². The highest BCUT2D eigenvalue weighted by Gasteiger charge is 2.46. The van der Waals surface area contributed by atoms with Gasteiger partial charge in [0.05, 0.1) is 24.3 Å². The van der Waals surface area contributed by atoms with Crippen LogP contribution in [-0.2, 0) is 9.59 Å². The highest BCUT2D eigenvalue weighted by Crippen LogP contribution is 2.42. The van der Waals surface area contributed by atoms with Gasteiger partial charge in [-0.3, -0.25) is 9.59 Å². The van der Waals surface area contributed by atoms with E-state index < -0.39 is 23.5 Å². The van der Waals surface area contributed by atoms with Gasteiger partial charge in [-0.15, -0.1) is 11.3 Å². The summed E-state index contributed by atoms with van der Waals surface area (Å²) in [5.41, 5.74) is 0.0552. The summed E-state index contributed by atoms with van der Waals surface area (Å²) in [6, 6.07) is 7.33. The fourth-order valence-corrected chi connectivity index (χ4v) is 3.99. The lowest BCUT2D eigenvalue weighted by molar-refractivity contribution is -0.140. The lowest BCUT2D eigenvalue weighted by Gasteiger charge is -2.25. The lowest BCUT2D eigenvalue weighted by Crippen LogP contribution is -2.35. The molecule has 2 heterocycles. The molecular weight excluding hydrogens is 380 g/mol. The minimum Gasteiger partial charge on any atom is -0.507 e. The van der Waals surface area contributed by atoms with Gasteiger partial charge >= 0.3 is 0 Å². The van der Waals surface area contributed by atoms with Crippen molar-refractivity contribution in [3.05, 3.63) is 51.7 Å². The number of rotatable bonds is 6. The van der Waals surface area contributed by atoms with Gasteiger partial charge in [-0.2, -0.15) is 0 Å². The molecule has 1 fully saturated rings. The Balaban J connectivity index is 2.12. The van der Waals surface area contributed by atoms with Gasteiger partial charge < -0.3 is 24.7 Å². The van der Waals surface area contributed by atoms with E-state index in [4.69, 9.17) is 4.74 Å². The molecule has 7 nitrogen and oxygen atoms in total. The Labute approximate surface area is 167 Å². The average Bonchev–Trinajstić information content (AvgIpc) is 3.27. The van der Waals surface area contributed by atoms with Crippen molar-refractivity contribution >= 4 is 28.8 Å². The van der Waals surface area contributed by atoms with Crippen LogP contribution in [-0.4, -0.2) is 66.0 Å². The Bertz CT molecular complexity index is 921. The van der Waals surface area contributed by atoms with Crippen molar-refractivity contribution in [1.82, 2.24) is 9.80 Å². The van der Waals surface area contributed by atoms with E-state index in [1.54, 1.807) is 6.07 Å². The third-order valence-electron chi connectivity index (χ3n) is 4.60. The maximum absolute atomic E-state index is 12.8. The molecule has 1 aromatic carbocycles. The summed E-state index contributed by atoms with van der Waals surface area (Å²) in [5, 5.41) is 23.0. The van der Waals surface area contributed by atoms with Crippen LogP contribution >= 0.6 is 11.3 Å². The smallest absolute Gasteiger partial charge is 0.295 e. The number of Topliss-reactive ketones (excluding diaryl/α,β-unsaturated/α-hetero) is 1. The second-order valence-electron chi connectivity index (χ2n) is 6.69. The summed E-state index contributed by atoms with van der Waals surface area (Å²) >= 11 is 1.40. The number of ketones is 1. The molecule has 8 heteroatoms. The van der Waals surface area contributed by atoms with E-state index in [0.29, 0.717) is 18.8 Å². The number of aromatic hydroxyl groups is 1. The number of phenolic OH excluding ortho intramolecular Hbond substituents is 1. The average molecular weight is 402 g/mol. The quantitative estimate of drug-likeness (QED) is 0.438. The fourth-order valence-electron chi connectivity index (χ4n) is 3.14. The second-order valence-corrected chi connectivity index (χ2v) is 7.67. The number of aliphatic hydroxyl groups is 1. The monoisotopic (exact) mass is 402 g/mol. The van der Waals surface area contributed by atoms with E-state index in [9.17, 15) is 19.8 Å². The number of benzene rings is 1. The SMILES string of the molecule is COc1ccc(C(O)=C2C(=O)C(=O)N(CCN(C)C)C2c2cccs2)c(O)c1. The summed E-state index contributed by atoms with van der Waals surface area (Å²) in [6.45, 7) is 0.911. The van der Waals surface area contributed by atoms with E-state index in [-0.39, 0.29) is 16.9 Å². The molecule has 148 valence electrons. The van der Waals surface area contributed by atoms with Crippen molar-refractivity contribution in [3.63, 3.8) is 0 Å². The third kappa shape index (κ3) is 3.61. The van der Waals surface area contributed by atoms with Gasteiger partial charge in [0.15, 0.2) is 0 Å². The largest absolute Gasteiger partial charge is 0.507 e. The number of nitrogens with zero attached hydrogens (tertiary/aromatic N) is 2. The first-order chi connectivity index (χ1) is 13.3. The van der Waals surface area contributed by atoms with Crippen LogP contribution in [0, 0.1) is 0 Å². The second kappa shape index (κ2) is 8.04. The zero-order valence-electron chi connectivity index (χ0n) is 15.9. The number of hydrogen-bond donors (Lipinski definition) is 2.